The summed E-state index contributed by atoms with van der Waals surface area (Å²) in [6.07, 6.45) is 2.57. The van der Waals surface area contributed by atoms with Gasteiger partial charge in [0, 0.05) is 6.42 Å². The van der Waals surface area contributed by atoms with Gasteiger partial charge in [0.2, 0.25) is 5.88 Å². The largest absolute Gasteiger partial charge is 0.492 e. The molecule has 0 radical (unpaired) electrons. The van der Waals surface area contributed by atoms with Crippen LogP contribution < -0.4 is 0 Å². The van der Waals surface area contributed by atoms with Crippen LogP contribution in [0.4, 0.5) is 0 Å². The van der Waals surface area contributed by atoms with Crippen LogP contribution in [-0.2, 0) is 9.16 Å². The lowest BCUT2D eigenvalue weighted by Crippen LogP contribution is -2.35. The molecule has 120 valence electrons. The molecule has 2 aromatic heterocycles. The third-order valence-corrected chi connectivity index (χ3v) is 4.48. The van der Waals surface area contributed by atoms with E-state index in [-0.39, 0.29) is 24.7 Å². The van der Waals surface area contributed by atoms with Crippen LogP contribution in [0.1, 0.15) is 12.6 Å². The molecule has 2 aromatic rings. The predicted octanol–water partition coefficient (Wildman–Crippen LogP) is 1.03. The van der Waals surface area contributed by atoms with Gasteiger partial charge in [-0.2, -0.15) is 4.98 Å². The molecule has 3 atom stereocenters. The van der Waals surface area contributed by atoms with Crippen LogP contribution >= 0.6 is 0 Å². The summed E-state index contributed by atoms with van der Waals surface area (Å²) in [5.41, 5.74) is 0.811. The summed E-state index contributed by atoms with van der Waals surface area (Å²) in [6.45, 7) is 6.26. The van der Waals surface area contributed by atoms with Crippen molar-refractivity contribution in [1.82, 2.24) is 19.5 Å². The molecule has 3 rings (SSSR count). The third kappa shape index (κ3) is 2.84. The number of hydrogen-bond acceptors (Lipinski definition) is 7. The van der Waals surface area contributed by atoms with Crippen LogP contribution in [0.25, 0.3) is 11.2 Å². The Bertz CT molecular complexity index is 672. The summed E-state index contributed by atoms with van der Waals surface area (Å²) in [7, 11) is -1.77. The van der Waals surface area contributed by atoms with Gasteiger partial charge in [-0.3, -0.25) is 4.57 Å². The van der Waals surface area contributed by atoms with Gasteiger partial charge in [-0.05, 0) is 19.6 Å². The maximum Gasteiger partial charge on any atom is 0.242 e. The second-order valence-corrected chi connectivity index (χ2v) is 10.8. The van der Waals surface area contributed by atoms with E-state index < -0.39 is 14.5 Å². The molecule has 0 spiro atoms. The number of aliphatic hydroxyl groups excluding tert-OH is 1. The number of fused-ring (bicyclic) bond motifs is 1. The van der Waals surface area contributed by atoms with Crippen LogP contribution in [0, 0.1) is 0 Å². The van der Waals surface area contributed by atoms with Crippen LogP contribution in [0.3, 0.4) is 0 Å². The maximum absolute atomic E-state index is 9.75. The van der Waals surface area contributed by atoms with Crippen molar-refractivity contribution in [2.45, 2.75) is 44.5 Å². The SMILES string of the molecule is C[Si](C)(C)O[C@@H]1C[C@@H](CO)O[C@H]1n1cnc2c(O)ncnc21. The number of imidazole rings is 1. The lowest BCUT2D eigenvalue weighted by atomic mass is 10.2. The van der Waals surface area contributed by atoms with Gasteiger partial charge in [-0.25, -0.2) is 9.97 Å². The van der Waals surface area contributed by atoms with Crippen molar-refractivity contribution in [2.24, 2.45) is 0 Å². The highest BCUT2D eigenvalue weighted by Crippen LogP contribution is 2.35. The van der Waals surface area contributed by atoms with Gasteiger partial charge in [0.05, 0.1) is 25.1 Å². The van der Waals surface area contributed by atoms with Crippen molar-refractivity contribution in [3.05, 3.63) is 12.7 Å². The minimum absolute atomic E-state index is 0.0606. The first-order valence-corrected chi connectivity index (χ1v) is 10.6. The zero-order valence-corrected chi connectivity index (χ0v) is 13.8. The van der Waals surface area contributed by atoms with Crippen molar-refractivity contribution >= 4 is 19.5 Å². The van der Waals surface area contributed by atoms with Gasteiger partial charge in [-0.15, -0.1) is 0 Å². The van der Waals surface area contributed by atoms with Gasteiger partial charge < -0.3 is 19.4 Å². The van der Waals surface area contributed by atoms with Gasteiger partial charge in [0.1, 0.15) is 6.33 Å². The highest BCUT2D eigenvalue weighted by Gasteiger charge is 2.40. The minimum Gasteiger partial charge on any atom is -0.492 e. The van der Waals surface area contributed by atoms with Gasteiger partial charge in [0.25, 0.3) is 0 Å². The highest BCUT2D eigenvalue weighted by molar-refractivity contribution is 6.69. The lowest BCUT2D eigenvalue weighted by Gasteiger charge is -2.27. The van der Waals surface area contributed by atoms with Gasteiger partial charge in [0.15, 0.2) is 25.7 Å². The lowest BCUT2D eigenvalue weighted by molar-refractivity contribution is -0.0451. The fourth-order valence-corrected chi connectivity index (χ4v) is 3.79. The monoisotopic (exact) mass is 324 g/mol. The average molecular weight is 324 g/mol. The standard InChI is InChI=1S/C13H20N4O4Si/c1-22(2,3)21-9-4-8(5-18)20-13(9)17-7-16-10-11(17)14-6-15-12(10)19/h6-9,13,18H,4-5H2,1-3H3,(H,14,15,19)/t8-,9+,13+/m0/s1. The highest BCUT2D eigenvalue weighted by atomic mass is 28.4. The molecule has 9 heteroatoms. The van der Waals surface area contributed by atoms with Crippen molar-refractivity contribution < 1.29 is 19.4 Å². The second-order valence-electron chi connectivity index (χ2n) is 6.36. The Morgan fingerprint density at radius 2 is 2.14 bits per heavy atom. The molecule has 1 aliphatic heterocycles. The number of hydrogen-bond donors (Lipinski definition) is 2. The number of aromatic hydroxyl groups is 1. The molecule has 3 heterocycles. The van der Waals surface area contributed by atoms with Crippen LogP contribution in [0.2, 0.25) is 19.6 Å². The summed E-state index contributed by atoms with van der Waals surface area (Å²) in [4.78, 5) is 12.0. The molecule has 0 aromatic carbocycles. The Kier molecular flexibility index (Phi) is 3.89. The molecule has 0 bridgehead atoms. The van der Waals surface area contributed by atoms with E-state index >= 15 is 0 Å². The summed E-state index contributed by atoms with van der Waals surface area (Å²) in [6, 6.07) is 0. The summed E-state index contributed by atoms with van der Waals surface area (Å²) in [5.74, 6) is -0.164. The normalized spacial score (nSPS) is 25.9. The van der Waals surface area contributed by atoms with Crippen molar-refractivity contribution in [3.8, 4) is 5.88 Å². The Balaban J connectivity index is 1.97. The molecule has 0 amide bonds. The average Bonchev–Trinajstić information content (AvgIpc) is 3.01. The molecule has 0 aliphatic carbocycles. The fraction of sp³-hybridized carbons (Fsp3) is 0.615. The topological polar surface area (TPSA) is 103 Å². The summed E-state index contributed by atoms with van der Waals surface area (Å²) in [5, 5.41) is 19.1. The third-order valence-electron chi connectivity index (χ3n) is 3.47. The molecule has 0 unspecified atom stereocenters. The molecule has 1 saturated heterocycles. The minimum atomic E-state index is -1.77. The second kappa shape index (κ2) is 5.58. The van der Waals surface area contributed by atoms with Crippen molar-refractivity contribution in [1.29, 1.82) is 0 Å². The van der Waals surface area contributed by atoms with E-state index in [2.05, 4.69) is 34.6 Å². The van der Waals surface area contributed by atoms with E-state index in [1.807, 2.05) is 0 Å². The Morgan fingerprint density at radius 1 is 1.36 bits per heavy atom. The first kappa shape index (κ1) is 15.3. The van der Waals surface area contributed by atoms with E-state index in [4.69, 9.17) is 9.16 Å². The summed E-state index contributed by atoms with van der Waals surface area (Å²) < 4.78 is 13.8. The zero-order chi connectivity index (χ0) is 15.9. The maximum atomic E-state index is 9.75. The smallest absolute Gasteiger partial charge is 0.242 e. The Hall–Kier alpha value is -1.55. The molecule has 1 aliphatic rings. The molecule has 2 N–H and O–H groups in total. The quantitative estimate of drug-likeness (QED) is 0.810. The molecule has 8 nitrogen and oxygen atoms in total. The molecule has 0 saturated carbocycles. The van der Waals surface area contributed by atoms with E-state index in [0.29, 0.717) is 17.6 Å². The van der Waals surface area contributed by atoms with Crippen LogP contribution in [-0.4, -0.2) is 56.9 Å². The number of aromatic nitrogens is 4. The van der Waals surface area contributed by atoms with Crippen LogP contribution in [0.15, 0.2) is 12.7 Å². The number of rotatable bonds is 4. The van der Waals surface area contributed by atoms with Crippen molar-refractivity contribution in [3.63, 3.8) is 0 Å². The molecular formula is C13H20N4O4Si. The Morgan fingerprint density at radius 3 is 2.82 bits per heavy atom. The van der Waals surface area contributed by atoms with Gasteiger partial charge in [-0.1, -0.05) is 0 Å². The van der Waals surface area contributed by atoms with Gasteiger partial charge >= 0.3 is 0 Å². The van der Waals surface area contributed by atoms with E-state index in [9.17, 15) is 10.2 Å². The predicted molar refractivity (Wildman–Crippen MR) is 80.8 cm³/mol. The van der Waals surface area contributed by atoms with E-state index in [1.165, 1.54) is 6.33 Å². The van der Waals surface area contributed by atoms with E-state index in [1.54, 1.807) is 10.9 Å². The van der Waals surface area contributed by atoms with Crippen molar-refractivity contribution in [2.75, 3.05) is 6.61 Å². The number of nitrogens with zero attached hydrogens (tertiary/aromatic N) is 4. The molecule has 1 fully saturated rings. The number of aliphatic hydroxyl groups is 1. The first-order chi connectivity index (χ1) is 10.4. The number of ether oxygens (including phenoxy) is 1. The van der Waals surface area contributed by atoms with Crippen LogP contribution in [0.5, 0.6) is 5.88 Å². The fourth-order valence-electron chi connectivity index (χ4n) is 2.66. The van der Waals surface area contributed by atoms with E-state index in [0.717, 1.165) is 0 Å². The zero-order valence-electron chi connectivity index (χ0n) is 12.8. The Labute approximate surface area is 128 Å². The molecular weight excluding hydrogens is 304 g/mol. The summed E-state index contributed by atoms with van der Waals surface area (Å²) >= 11 is 0. The first-order valence-electron chi connectivity index (χ1n) is 7.19. The molecule has 22 heavy (non-hydrogen) atoms.